The number of ketones is 1. The van der Waals surface area contributed by atoms with Crippen LogP contribution in [0.4, 0.5) is 17.2 Å². The molecule has 2 heterocycles. The molecule has 32 heavy (non-hydrogen) atoms. The molecule has 0 aliphatic carbocycles. The van der Waals surface area contributed by atoms with E-state index >= 15 is 0 Å². The highest BCUT2D eigenvalue weighted by Crippen LogP contribution is 2.39. The van der Waals surface area contributed by atoms with Crippen LogP contribution in [0, 0.1) is 0 Å². The number of hydrogen-bond donors (Lipinski definition) is 2. The van der Waals surface area contributed by atoms with Gasteiger partial charge in [-0.2, -0.15) is 5.10 Å². The van der Waals surface area contributed by atoms with Crippen LogP contribution in [-0.2, 0) is 11.8 Å². The van der Waals surface area contributed by atoms with Crippen molar-refractivity contribution in [3.8, 4) is 17.0 Å². The molecule has 1 aromatic carbocycles. The molecule has 0 bridgehead atoms. The molecule has 0 fully saturated rings. The van der Waals surface area contributed by atoms with Crippen LogP contribution in [0.1, 0.15) is 30.6 Å². The van der Waals surface area contributed by atoms with Gasteiger partial charge in [0.05, 0.1) is 35.2 Å². The van der Waals surface area contributed by atoms with Crippen molar-refractivity contribution in [2.75, 3.05) is 31.1 Å². The van der Waals surface area contributed by atoms with Gasteiger partial charge in [-0.1, -0.05) is 20.9 Å². The minimum Gasteiger partial charge on any atom is -0.494 e. The largest absolute Gasteiger partial charge is 0.494 e. The Morgan fingerprint density at radius 2 is 1.94 bits per heavy atom. The molecule has 8 nitrogen and oxygen atoms in total. The molecule has 0 aliphatic heterocycles. The summed E-state index contributed by atoms with van der Waals surface area (Å²) in [7, 11) is 3.19. The Labute approximate surface area is 189 Å². The quantitative estimate of drug-likeness (QED) is 0.393. The zero-order chi connectivity index (χ0) is 23.4. The first kappa shape index (κ1) is 23.4. The fourth-order valence-electron chi connectivity index (χ4n) is 3.35. The fraction of sp³-hybridized carbons (Fsp3) is 0.304. The maximum Gasteiger partial charge on any atom is 0.222 e. The van der Waals surface area contributed by atoms with E-state index in [1.807, 2.05) is 29.9 Å². The van der Waals surface area contributed by atoms with E-state index in [0.717, 1.165) is 16.7 Å². The highest BCUT2D eigenvalue weighted by Gasteiger charge is 2.19. The van der Waals surface area contributed by atoms with Gasteiger partial charge in [0.25, 0.3) is 0 Å². The lowest BCUT2D eigenvalue weighted by molar-refractivity contribution is -0.114. The number of aryl methyl sites for hydroxylation is 1. The molecule has 168 valence electrons. The molecule has 3 aromatic rings. The monoisotopic (exact) mass is 453 g/mol. The standard InChI is InChI=1S/C23H28N5O3P/c1-7-20(30)16-13-24-21(25-14(2)29)11-18(16)26-17-10-8-9-15(23(17)31-4)19-12-22(32(5)6)27-28(19)3/h8-13H,7H2,1-6H3,(H2,24,25,26,29). The van der Waals surface area contributed by atoms with Gasteiger partial charge >= 0.3 is 0 Å². The van der Waals surface area contributed by atoms with Gasteiger partial charge in [0.2, 0.25) is 5.91 Å². The first-order valence-electron chi connectivity index (χ1n) is 10.2. The number of benzene rings is 1. The highest BCUT2D eigenvalue weighted by atomic mass is 31.1. The second-order valence-electron chi connectivity index (χ2n) is 7.49. The minimum atomic E-state index is -0.335. The van der Waals surface area contributed by atoms with Crippen molar-refractivity contribution in [1.82, 2.24) is 14.8 Å². The van der Waals surface area contributed by atoms with Crippen LogP contribution >= 0.6 is 7.92 Å². The topological polar surface area (TPSA) is 98.1 Å². The Morgan fingerprint density at radius 1 is 1.19 bits per heavy atom. The predicted octanol–water partition coefficient (Wildman–Crippen LogP) is 4.15. The van der Waals surface area contributed by atoms with Gasteiger partial charge in [-0.25, -0.2) is 4.98 Å². The Balaban J connectivity index is 2.09. The molecule has 0 spiro atoms. The van der Waals surface area contributed by atoms with Gasteiger partial charge in [-0.05, 0) is 31.5 Å². The molecule has 1 amide bonds. The summed E-state index contributed by atoms with van der Waals surface area (Å²) in [5, 5.41) is 10.6. The number of anilines is 3. The molecule has 2 aromatic heterocycles. The van der Waals surface area contributed by atoms with Crippen molar-refractivity contribution in [2.24, 2.45) is 7.05 Å². The van der Waals surface area contributed by atoms with E-state index < -0.39 is 0 Å². The van der Waals surface area contributed by atoms with E-state index in [4.69, 9.17) is 4.74 Å². The molecular formula is C23H28N5O3P. The number of aromatic nitrogens is 3. The van der Waals surface area contributed by atoms with Gasteiger partial charge in [0, 0.05) is 38.2 Å². The zero-order valence-electron chi connectivity index (χ0n) is 19.2. The number of rotatable bonds is 8. The van der Waals surface area contributed by atoms with E-state index in [-0.39, 0.29) is 19.6 Å². The number of hydrogen-bond acceptors (Lipinski definition) is 6. The summed E-state index contributed by atoms with van der Waals surface area (Å²) in [5.74, 6) is 0.695. The summed E-state index contributed by atoms with van der Waals surface area (Å²) >= 11 is 0. The van der Waals surface area contributed by atoms with Crippen LogP contribution in [0.5, 0.6) is 5.75 Å². The third-order valence-electron chi connectivity index (χ3n) is 4.92. The summed E-state index contributed by atoms with van der Waals surface area (Å²) in [5.41, 5.74) is 4.56. The Kier molecular flexibility index (Phi) is 7.26. The third kappa shape index (κ3) is 4.97. The summed E-state index contributed by atoms with van der Waals surface area (Å²) in [6.07, 6.45) is 1.82. The summed E-state index contributed by atoms with van der Waals surface area (Å²) in [6.45, 7) is 7.54. The van der Waals surface area contributed by atoms with Crippen molar-refractivity contribution in [3.63, 3.8) is 0 Å². The number of Topliss-reactive ketones (excluding diaryl/α,β-unsaturated/α-hetero) is 1. The molecule has 2 N–H and O–H groups in total. The molecule has 0 radical (unpaired) electrons. The molecule has 3 rings (SSSR count). The zero-order valence-corrected chi connectivity index (χ0v) is 20.1. The number of pyridine rings is 1. The van der Waals surface area contributed by atoms with Crippen LogP contribution in [0.2, 0.25) is 0 Å². The number of para-hydroxylation sites is 1. The number of carbonyl (C=O) groups excluding carboxylic acids is 2. The van der Waals surface area contributed by atoms with Crippen LogP contribution in [0.15, 0.2) is 36.5 Å². The van der Waals surface area contributed by atoms with Crippen LogP contribution in [0.3, 0.4) is 0 Å². The SMILES string of the molecule is CCC(=O)c1cnc(NC(C)=O)cc1Nc1cccc(-c2cc(P(C)C)nn2C)c1OC. The van der Waals surface area contributed by atoms with Crippen molar-refractivity contribution in [2.45, 2.75) is 20.3 Å². The lowest BCUT2D eigenvalue weighted by Gasteiger charge is -2.17. The second kappa shape index (κ2) is 9.92. The van der Waals surface area contributed by atoms with E-state index in [9.17, 15) is 9.59 Å². The Hall–Kier alpha value is -3.25. The molecule has 0 unspecified atom stereocenters. The van der Waals surface area contributed by atoms with Crippen molar-refractivity contribution < 1.29 is 14.3 Å². The van der Waals surface area contributed by atoms with Gasteiger partial charge in [0.1, 0.15) is 5.82 Å². The van der Waals surface area contributed by atoms with E-state index in [2.05, 4.69) is 40.1 Å². The lowest BCUT2D eigenvalue weighted by atomic mass is 10.1. The van der Waals surface area contributed by atoms with Gasteiger partial charge in [-0.15, -0.1) is 0 Å². The van der Waals surface area contributed by atoms with Gasteiger partial charge in [0.15, 0.2) is 11.5 Å². The maximum atomic E-state index is 12.5. The highest BCUT2D eigenvalue weighted by molar-refractivity contribution is 7.63. The summed E-state index contributed by atoms with van der Waals surface area (Å²) in [6, 6.07) is 9.52. The maximum absolute atomic E-state index is 12.5. The number of amides is 1. The summed E-state index contributed by atoms with van der Waals surface area (Å²) < 4.78 is 7.63. The van der Waals surface area contributed by atoms with Crippen LogP contribution in [0.25, 0.3) is 11.3 Å². The third-order valence-corrected chi connectivity index (χ3v) is 6.05. The Bertz CT molecular complexity index is 1160. The molecule has 0 aliphatic rings. The van der Waals surface area contributed by atoms with Crippen molar-refractivity contribution in [3.05, 3.63) is 42.1 Å². The molecule has 0 saturated carbocycles. The minimum absolute atomic E-state index is 0.0555. The average Bonchev–Trinajstić information content (AvgIpc) is 3.14. The van der Waals surface area contributed by atoms with Gasteiger partial charge in [-0.3, -0.25) is 14.3 Å². The van der Waals surface area contributed by atoms with Crippen LogP contribution in [-0.4, -0.2) is 46.9 Å². The van der Waals surface area contributed by atoms with E-state index in [1.54, 1.807) is 20.1 Å². The number of ether oxygens (including phenoxy) is 1. The second-order valence-corrected chi connectivity index (χ2v) is 9.74. The number of methoxy groups -OCH3 is 1. The first-order valence-corrected chi connectivity index (χ1v) is 12.4. The van der Waals surface area contributed by atoms with Gasteiger partial charge < -0.3 is 15.4 Å². The van der Waals surface area contributed by atoms with Crippen LogP contribution < -0.4 is 20.8 Å². The lowest BCUT2D eigenvalue weighted by Crippen LogP contribution is -2.10. The van der Waals surface area contributed by atoms with Crippen molar-refractivity contribution in [1.29, 1.82) is 0 Å². The fourth-order valence-corrected chi connectivity index (χ4v) is 4.04. The van der Waals surface area contributed by atoms with Crippen molar-refractivity contribution >= 4 is 42.2 Å². The number of carbonyl (C=O) groups is 2. The van der Waals surface area contributed by atoms with E-state index in [0.29, 0.717) is 34.9 Å². The smallest absolute Gasteiger partial charge is 0.222 e. The summed E-state index contributed by atoms with van der Waals surface area (Å²) in [4.78, 5) is 28.2. The Morgan fingerprint density at radius 3 is 2.53 bits per heavy atom. The molecule has 0 saturated heterocycles. The number of nitrogens with one attached hydrogen (secondary N) is 2. The molecule has 9 heteroatoms. The van der Waals surface area contributed by atoms with E-state index in [1.165, 1.54) is 13.1 Å². The molecular weight excluding hydrogens is 425 g/mol. The molecule has 0 atom stereocenters. The first-order chi connectivity index (χ1) is 15.2. The normalized spacial score (nSPS) is 10.8. The number of nitrogens with zero attached hydrogens (tertiary/aromatic N) is 3. The predicted molar refractivity (Wildman–Crippen MR) is 130 cm³/mol. The average molecular weight is 453 g/mol.